The van der Waals surface area contributed by atoms with Crippen molar-refractivity contribution in [2.45, 2.75) is 14.4 Å². The lowest BCUT2D eigenvalue weighted by Gasteiger charge is -2.04. The van der Waals surface area contributed by atoms with Crippen molar-refractivity contribution in [1.29, 1.82) is 0 Å². The first-order chi connectivity index (χ1) is 9.10. The molecule has 1 heterocycles. The Balaban J connectivity index is 2.12. The number of benzene rings is 1. The van der Waals surface area contributed by atoms with E-state index in [1.807, 2.05) is 6.26 Å². The summed E-state index contributed by atoms with van der Waals surface area (Å²) in [4.78, 5) is 11.0. The molecule has 0 saturated carbocycles. The third-order valence-electron chi connectivity index (χ3n) is 2.22. The lowest BCUT2D eigenvalue weighted by molar-refractivity contribution is 0.0695. The maximum atomic E-state index is 13.0. The quantitative estimate of drug-likeness (QED) is 0.853. The van der Waals surface area contributed by atoms with E-state index in [9.17, 15) is 9.18 Å². The van der Waals surface area contributed by atoms with Crippen LogP contribution >= 0.6 is 34.9 Å². The highest BCUT2D eigenvalue weighted by molar-refractivity contribution is 8.02. The largest absolute Gasteiger partial charge is 0.478 e. The number of hydrogen-bond acceptors (Lipinski definition) is 6. The van der Waals surface area contributed by atoms with Crippen LogP contribution in [0.1, 0.15) is 15.9 Å². The number of hydrogen-bond donors (Lipinski definition) is 1. The van der Waals surface area contributed by atoms with Crippen molar-refractivity contribution in [1.82, 2.24) is 10.2 Å². The molecule has 1 N–H and O–H groups in total. The van der Waals surface area contributed by atoms with Gasteiger partial charge in [-0.1, -0.05) is 40.9 Å². The number of carboxylic acids is 1. The number of carbonyl (C=O) groups is 1. The molecule has 0 unspecified atom stereocenters. The highest BCUT2D eigenvalue weighted by Crippen LogP contribution is 2.30. The average Bonchev–Trinajstić information content (AvgIpc) is 2.85. The molecule has 0 spiro atoms. The highest BCUT2D eigenvalue weighted by Gasteiger charge is 2.12. The molecule has 0 aliphatic heterocycles. The fraction of sp³-hybridized carbons (Fsp3) is 0.182. The first-order valence-corrected chi connectivity index (χ1v) is 8.15. The van der Waals surface area contributed by atoms with Crippen LogP contribution in [-0.4, -0.2) is 27.5 Å². The van der Waals surface area contributed by atoms with E-state index in [0.29, 0.717) is 11.3 Å². The summed E-state index contributed by atoms with van der Waals surface area (Å²) in [5, 5.41) is 17.0. The zero-order valence-corrected chi connectivity index (χ0v) is 12.2. The fourth-order valence-electron chi connectivity index (χ4n) is 1.35. The lowest BCUT2D eigenvalue weighted by Crippen LogP contribution is -2.02. The molecule has 1 aromatic heterocycles. The number of rotatable bonds is 5. The van der Waals surface area contributed by atoms with E-state index in [0.717, 1.165) is 14.7 Å². The SMILES string of the molecule is CSc1nnc(SCc2ccc(F)cc2C(=O)O)s1. The average molecular weight is 316 g/mol. The Bertz CT molecular complexity index is 603. The molecule has 0 fully saturated rings. The van der Waals surface area contributed by atoms with Crippen LogP contribution in [0, 0.1) is 5.82 Å². The second-order valence-corrected chi connectivity index (χ2v) is 6.69. The van der Waals surface area contributed by atoms with Gasteiger partial charge < -0.3 is 5.11 Å². The van der Waals surface area contributed by atoms with Crippen molar-refractivity contribution in [2.24, 2.45) is 0 Å². The van der Waals surface area contributed by atoms with Crippen molar-refractivity contribution < 1.29 is 14.3 Å². The zero-order chi connectivity index (χ0) is 13.8. The second-order valence-electron chi connectivity index (χ2n) is 3.43. The van der Waals surface area contributed by atoms with Crippen LogP contribution in [0.25, 0.3) is 0 Å². The molecule has 4 nitrogen and oxygen atoms in total. The van der Waals surface area contributed by atoms with E-state index in [4.69, 9.17) is 5.11 Å². The predicted octanol–water partition coefficient (Wildman–Crippen LogP) is 3.39. The molecule has 0 aliphatic rings. The number of aromatic carboxylic acids is 1. The van der Waals surface area contributed by atoms with Crippen molar-refractivity contribution in [3.05, 3.63) is 35.1 Å². The van der Waals surface area contributed by atoms with Gasteiger partial charge in [-0.3, -0.25) is 0 Å². The van der Waals surface area contributed by atoms with E-state index in [2.05, 4.69) is 10.2 Å². The van der Waals surface area contributed by atoms with Gasteiger partial charge in [0.2, 0.25) is 0 Å². The Morgan fingerprint density at radius 2 is 2.16 bits per heavy atom. The summed E-state index contributed by atoms with van der Waals surface area (Å²) in [5.74, 6) is -1.26. The highest BCUT2D eigenvalue weighted by atomic mass is 32.2. The third-order valence-corrected chi connectivity index (χ3v) is 5.30. The summed E-state index contributed by atoms with van der Waals surface area (Å²) in [6.45, 7) is 0. The van der Waals surface area contributed by atoms with Gasteiger partial charge >= 0.3 is 5.97 Å². The van der Waals surface area contributed by atoms with E-state index < -0.39 is 11.8 Å². The van der Waals surface area contributed by atoms with E-state index in [-0.39, 0.29) is 5.56 Å². The summed E-state index contributed by atoms with van der Waals surface area (Å²) < 4.78 is 14.7. The monoisotopic (exact) mass is 316 g/mol. The Morgan fingerprint density at radius 1 is 1.42 bits per heavy atom. The predicted molar refractivity (Wildman–Crippen MR) is 74.6 cm³/mol. The molecule has 19 heavy (non-hydrogen) atoms. The minimum atomic E-state index is -1.13. The van der Waals surface area contributed by atoms with Gasteiger partial charge in [0.05, 0.1) is 5.56 Å². The molecule has 0 atom stereocenters. The molecule has 0 amide bonds. The van der Waals surface area contributed by atoms with Crippen LogP contribution in [0.4, 0.5) is 4.39 Å². The minimum absolute atomic E-state index is 0.0119. The van der Waals surface area contributed by atoms with Gasteiger partial charge in [-0.15, -0.1) is 10.2 Å². The molecule has 100 valence electrons. The zero-order valence-electron chi connectivity index (χ0n) is 9.79. The minimum Gasteiger partial charge on any atom is -0.478 e. The maximum absolute atomic E-state index is 13.0. The normalized spacial score (nSPS) is 10.6. The van der Waals surface area contributed by atoms with Crippen LogP contribution < -0.4 is 0 Å². The summed E-state index contributed by atoms with van der Waals surface area (Å²) in [6, 6.07) is 3.78. The standard InChI is InChI=1S/C11H9FN2O2S3/c1-17-10-13-14-11(19-10)18-5-6-2-3-7(12)4-8(6)9(15)16/h2-4H,5H2,1H3,(H,15,16). The van der Waals surface area contributed by atoms with Crippen LogP contribution in [0.5, 0.6) is 0 Å². The van der Waals surface area contributed by atoms with Gasteiger partial charge in [-0.25, -0.2) is 9.18 Å². The Hall–Kier alpha value is -1.12. The second kappa shape index (κ2) is 6.36. The molecular formula is C11H9FN2O2S3. The summed E-state index contributed by atoms with van der Waals surface area (Å²) >= 11 is 4.35. The molecule has 0 bridgehead atoms. The topological polar surface area (TPSA) is 63.1 Å². The van der Waals surface area contributed by atoms with Crippen LogP contribution in [0.3, 0.4) is 0 Å². The fourth-order valence-corrected chi connectivity index (χ4v) is 3.79. The van der Waals surface area contributed by atoms with Gasteiger partial charge in [-0.2, -0.15) is 0 Å². The first kappa shape index (κ1) is 14.3. The van der Waals surface area contributed by atoms with Crippen LogP contribution in [0.2, 0.25) is 0 Å². The molecule has 2 aromatic rings. The van der Waals surface area contributed by atoms with Gasteiger partial charge in [0.1, 0.15) is 5.82 Å². The van der Waals surface area contributed by atoms with Crippen molar-refractivity contribution in [3.8, 4) is 0 Å². The van der Waals surface area contributed by atoms with Gasteiger partial charge in [0.25, 0.3) is 0 Å². The summed E-state index contributed by atoms with van der Waals surface area (Å²) in [7, 11) is 0. The molecule has 0 radical (unpaired) electrons. The van der Waals surface area contributed by atoms with Crippen LogP contribution in [0.15, 0.2) is 26.9 Å². The Kier molecular flexibility index (Phi) is 4.78. The Labute approximate surface area is 121 Å². The van der Waals surface area contributed by atoms with Crippen molar-refractivity contribution in [3.63, 3.8) is 0 Å². The van der Waals surface area contributed by atoms with E-state index in [1.54, 1.807) is 0 Å². The van der Waals surface area contributed by atoms with Crippen molar-refractivity contribution >= 4 is 40.8 Å². The van der Waals surface area contributed by atoms with Crippen molar-refractivity contribution in [2.75, 3.05) is 6.26 Å². The summed E-state index contributed by atoms with van der Waals surface area (Å²) in [5.41, 5.74) is 0.557. The number of halogens is 1. The molecule has 0 saturated heterocycles. The molecule has 2 rings (SSSR count). The number of nitrogens with zero attached hydrogens (tertiary/aromatic N) is 2. The Morgan fingerprint density at radius 3 is 2.79 bits per heavy atom. The lowest BCUT2D eigenvalue weighted by atomic mass is 10.1. The first-order valence-electron chi connectivity index (χ1n) is 5.12. The molecule has 0 aliphatic carbocycles. The van der Waals surface area contributed by atoms with E-state index in [1.165, 1.54) is 47.0 Å². The summed E-state index contributed by atoms with van der Waals surface area (Å²) in [6.07, 6.45) is 1.91. The molecular weight excluding hydrogens is 307 g/mol. The van der Waals surface area contributed by atoms with Gasteiger partial charge in [-0.05, 0) is 24.0 Å². The molecule has 1 aromatic carbocycles. The third kappa shape index (κ3) is 3.68. The number of thioether (sulfide) groups is 2. The molecule has 8 heteroatoms. The smallest absolute Gasteiger partial charge is 0.336 e. The maximum Gasteiger partial charge on any atom is 0.336 e. The number of aromatic nitrogens is 2. The van der Waals surface area contributed by atoms with E-state index >= 15 is 0 Å². The van der Waals surface area contributed by atoms with Crippen LogP contribution in [-0.2, 0) is 5.75 Å². The van der Waals surface area contributed by atoms with Gasteiger partial charge in [0, 0.05) is 5.75 Å². The number of carboxylic acid groups (broad SMARTS) is 1. The van der Waals surface area contributed by atoms with Gasteiger partial charge in [0.15, 0.2) is 8.68 Å².